The molecule has 5 nitrogen and oxygen atoms in total. The van der Waals surface area contributed by atoms with Crippen molar-refractivity contribution in [2.24, 2.45) is 11.8 Å². The Morgan fingerprint density at radius 1 is 1.40 bits per heavy atom. The molecule has 112 valence electrons. The Labute approximate surface area is 121 Å². The van der Waals surface area contributed by atoms with Gasteiger partial charge < -0.3 is 15.4 Å². The van der Waals surface area contributed by atoms with Gasteiger partial charge >= 0.3 is 0 Å². The van der Waals surface area contributed by atoms with Crippen LogP contribution in [-0.4, -0.2) is 38.5 Å². The third-order valence-corrected chi connectivity index (χ3v) is 3.85. The molecule has 0 radical (unpaired) electrons. The lowest BCUT2D eigenvalue weighted by Gasteiger charge is -2.22. The number of rotatable bonds is 5. The van der Waals surface area contributed by atoms with Crippen LogP contribution in [0.15, 0.2) is 0 Å². The average molecular weight is 279 g/mol. The second-order valence-corrected chi connectivity index (χ2v) is 5.63. The second kappa shape index (κ2) is 7.63. The van der Waals surface area contributed by atoms with E-state index < -0.39 is 6.35 Å². The van der Waals surface area contributed by atoms with Crippen molar-refractivity contribution in [3.05, 3.63) is 0 Å². The Bertz CT molecular complexity index is 378. The van der Waals surface area contributed by atoms with E-state index in [4.69, 9.17) is 4.74 Å². The largest absolute Gasteiger partial charge is 0.342 e. The first-order chi connectivity index (χ1) is 9.69. The number of ether oxygens (including phenoxy) is 1. The van der Waals surface area contributed by atoms with Crippen LogP contribution in [0.5, 0.6) is 0 Å². The van der Waals surface area contributed by atoms with Crippen molar-refractivity contribution in [1.29, 1.82) is 0 Å². The van der Waals surface area contributed by atoms with Gasteiger partial charge in [0, 0.05) is 12.5 Å². The predicted molar refractivity (Wildman–Crippen MR) is 77.6 cm³/mol. The zero-order chi connectivity index (χ0) is 14.4. The molecule has 3 atom stereocenters. The van der Waals surface area contributed by atoms with Gasteiger partial charge in [0.25, 0.3) is 5.91 Å². The lowest BCUT2D eigenvalue weighted by molar-refractivity contribution is -0.123. The first-order valence-corrected chi connectivity index (χ1v) is 7.54. The molecule has 0 bridgehead atoms. The molecule has 0 aromatic heterocycles. The fourth-order valence-corrected chi connectivity index (χ4v) is 2.36. The molecule has 0 aromatic rings. The molecule has 3 N–H and O–H groups in total. The summed E-state index contributed by atoms with van der Waals surface area (Å²) in [5.74, 6) is 6.35. The Kier molecular flexibility index (Phi) is 5.84. The highest BCUT2D eigenvalue weighted by molar-refractivity contribution is 5.93. The van der Waals surface area contributed by atoms with Crippen LogP contribution in [0.2, 0.25) is 0 Å². The predicted octanol–water partition coefficient (Wildman–Crippen LogP) is 0.424. The minimum atomic E-state index is -0.461. The summed E-state index contributed by atoms with van der Waals surface area (Å²) in [4.78, 5) is 11.8. The van der Waals surface area contributed by atoms with Crippen LogP contribution in [0.4, 0.5) is 0 Å². The molecule has 0 aromatic carbocycles. The molecule has 1 heterocycles. The average Bonchev–Trinajstić information content (AvgIpc) is 3.30. The molecular weight excluding hydrogens is 254 g/mol. The molecule has 2 rings (SSSR count). The summed E-state index contributed by atoms with van der Waals surface area (Å²) >= 11 is 0. The number of hydrogen-bond acceptors (Lipinski definition) is 4. The zero-order valence-corrected chi connectivity index (χ0v) is 12.4. The van der Waals surface area contributed by atoms with Gasteiger partial charge in [0.15, 0.2) is 6.35 Å². The van der Waals surface area contributed by atoms with E-state index >= 15 is 0 Å². The number of carbonyl (C=O) groups excluding carboxylic acids is 1. The van der Waals surface area contributed by atoms with Gasteiger partial charge in [-0.2, -0.15) is 0 Å². The Morgan fingerprint density at radius 3 is 2.80 bits per heavy atom. The summed E-state index contributed by atoms with van der Waals surface area (Å²) in [5.41, 5.74) is 0. The van der Waals surface area contributed by atoms with Crippen molar-refractivity contribution in [3.63, 3.8) is 0 Å². The highest BCUT2D eigenvalue weighted by atomic mass is 16.5. The third kappa shape index (κ3) is 5.12. The molecule has 5 heteroatoms. The summed E-state index contributed by atoms with van der Waals surface area (Å²) in [5, 5.41) is 8.99. The summed E-state index contributed by atoms with van der Waals surface area (Å²) in [6.07, 6.45) is 4.35. The molecule has 2 fully saturated rings. The van der Waals surface area contributed by atoms with Gasteiger partial charge in [-0.1, -0.05) is 5.92 Å². The molecule has 0 spiro atoms. The van der Waals surface area contributed by atoms with Gasteiger partial charge in [-0.05, 0) is 58.0 Å². The zero-order valence-electron chi connectivity index (χ0n) is 12.4. The van der Waals surface area contributed by atoms with Crippen LogP contribution in [0.1, 0.15) is 32.6 Å². The highest BCUT2D eigenvalue weighted by Gasteiger charge is 2.30. The standard InChI is InChI=1S/C15H25N3O2/c1-11(13-6-7-13)20-15(16-2)18-14(19)8-5-12-4-3-9-17-10-12/h11-13,15-17H,3-4,6-7,9-10H2,1-2H3,(H,18,19). The van der Waals surface area contributed by atoms with Crippen molar-refractivity contribution >= 4 is 5.91 Å². The topological polar surface area (TPSA) is 62.4 Å². The molecule has 20 heavy (non-hydrogen) atoms. The van der Waals surface area contributed by atoms with E-state index in [0.717, 1.165) is 25.9 Å². The number of carbonyl (C=O) groups is 1. The Morgan fingerprint density at radius 2 is 2.20 bits per heavy atom. The Balaban J connectivity index is 1.74. The SMILES string of the molecule is CNC(NC(=O)C#CC1CCCNC1)OC(C)C1CC1. The third-order valence-electron chi connectivity index (χ3n) is 3.85. The number of amides is 1. The molecule has 3 unspecified atom stereocenters. The van der Waals surface area contributed by atoms with Gasteiger partial charge in [-0.15, -0.1) is 0 Å². The maximum atomic E-state index is 11.8. The second-order valence-electron chi connectivity index (χ2n) is 5.63. The molecule has 1 saturated carbocycles. The maximum Gasteiger partial charge on any atom is 0.298 e. The summed E-state index contributed by atoms with van der Waals surface area (Å²) in [6, 6.07) is 0. The van der Waals surface area contributed by atoms with Gasteiger partial charge in [-0.3, -0.25) is 10.1 Å². The van der Waals surface area contributed by atoms with Gasteiger partial charge in [0.2, 0.25) is 0 Å². The summed E-state index contributed by atoms with van der Waals surface area (Å²) in [7, 11) is 1.77. The molecule has 1 amide bonds. The summed E-state index contributed by atoms with van der Waals surface area (Å²) < 4.78 is 5.76. The summed E-state index contributed by atoms with van der Waals surface area (Å²) in [6.45, 7) is 3.98. The molecule has 2 aliphatic rings. The van der Waals surface area contributed by atoms with E-state index in [1.54, 1.807) is 7.05 Å². The maximum absolute atomic E-state index is 11.8. The van der Waals surface area contributed by atoms with E-state index in [-0.39, 0.29) is 17.9 Å². The lowest BCUT2D eigenvalue weighted by atomic mass is 10.0. The van der Waals surface area contributed by atoms with Crippen LogP contribution in [0, 0.1) is 23.7 Å². The minimum Gasteiger partial charge on any atom is -0.342 e. The van der Waals surface area contributed by atoms with Crippen molar-refractivity contribution in [1.82, 2.24) is 16.0 Å². The van der Waals surface area contributed by atoms with Crippen molar-refractivity contribution < 1.29 is 9.53 Å². The quantitative estimate of drug-likeness (QED) is 0.504. The van der Waals surface area contributed by atoms with E-state index in [1.807, 2.05) is 6.92 Å². The number of piperidine rings is 1. The monoisotopic (exact) mass is 279 g/mol. The van der Waals surface area contributed by atoms with Gasteiger partial charge in [0.05, 0.1) is 6.10 Å². The van der Waals surface area contributed by atoms with E-state index in [9.17, 15) is 4.79 Å². The molecular formula is C15H25N3O2. The van der Waals surface area contributed by atoms with Crippen LogP contribution < -0.4 is 16.0 Å². The fraction of sp³-hybridized carbons (Fsp3) is 0.800. The van der Waals surface area contributed by atoms with Gasteiger partial charge in [0.1, 0.15) is 0 Å². The first-order valence-electron chi connectivity index (χ1n) is 7.54. The molecule has 1 aliphatic heterocycles. The van der Waals surface area contributed by atoms with E-state index in [2.05, 4.69) is 27.8 Å². The fourth-order valence-electron chi connectivity index (χ4n) is 2.36. The Hall–Kier alpha value is -1.09. The van der Waals surface area contributed by atoms with Crippen LogP contribution >= 0.6 is 0 Å². The van der Waals surface area contributed by atoms with Crippen molar-refractivity contribution in [3.8, 4) is 11.8 Å². The van der Waals surface area contributed by atoms with E-state index in [1.165, 1.54) is 12.8 Å². The van der Waals surface area contributed by atoms with Crippen LogP contribution in [-0.2, 0) is 9.53 Å². The van der Waals surface area contributed by atoms with Crippen molar-refractivity contribution in [2.75, 3.05) is 20.1 Å². The molecule has 1 saturated heterocycles. The van der Waals surface area contributed by atoms with Crippen molar-refractivity contribution in [2.45, 2.75) is 45.1 Å². The van der Waals surface area contributed by atoms with E-state index in [0.29, 0.717) is 5.92 Å². The lowest BCUT2D eigenvalue weighted by Crippen LogP contribution is -2.47. The normalized spacial score (nSPS) is 25.2. The minimum absolute atomic E-state index is 0.170. The number of hydrogen-bond donors (Lipinski definition) is 3. The number of nitrogens with one attached hydrogen (secondary N) is 3. The van der Waals surface area contributed by atoms with Crippen LogP contribution in [0.3, 0.4) is 0 Å². The molecule has 1 aliphatic carbocycles. The van der Waals surface area contributed by atoms with Gasteiger partial charge in [-0.25, -0.2) is 0 Å². The highest BCUT2D eigenvalue weighted by Crippen LogP contribution is 2.34. The smallest absolute Gasteiger partial charge is 0.298 e. The van der Waals surface area contributed by atoms with Crippen LogP contribution in [0.25, 0.3) is 0 Å². The first kappa shape index (κ1) is 15.3.